The molecular weight excluding hydrogens is 250 g/mol. The van der Waals surface area contributed by atoms with Crippen LogP contribution in [0.5, 0.6) is 11.5 Å². The maximum Gasteiger partial charge on any atom is 0.124 e. The van der Waals surface area contributed by atoms with Crippen LogP contribution in [-0.2, 0) is 0 Å². The van der Waals surface area contributed by atoms with Gasteiger partial charge in [-0.05, 0) is 42.5 Å². The second-order valence-corrected chi connectivity index (χ2v) is 4.10. The molecule has 0 aliphatic carbocycles. The summed E-state index contributed by atoms with van der Waals surface area (Å²) < 4.78 is 5.09. The van der Waals surface area contributed by atoms with Crippen LogP contribution in [0.1, 0.15) is 5.56 Å². The molecule has 2 rings (SSSR count). The van der Waals surface area contributed by atoms with E-state index in [1.54, 1.807) is 55.8 Å². The Balaban J connectivity index is 2.25. The highest BCUT2D eigenvalue weighted by atomic mass is 35.5. The van der Waals surface area contributed by atoms with Crippen LogP contribution in [0.2, 0.25) is 5.02 Å². The monoisotopic (exact) mass is 261 g/mol. The number of methoxy groups -OCH3 is 1. The van der Waals surface area contributed by atoms with Crippen LogP contribution in [0.4, 0.5) is 5.69 Å². The van der Waals surface area contributed by atoms with Gasteiger partial charge >= 0.3 is 0 Å². The molecule has 4 heteroatoms. The topological polar surface area (TPSA) is 41.8 Å². The van der Waals surface area contributed by atoms with Crippen LogP contribution in [-0.4, -0.2) is 18.4 Å². The molecule has 0 atom stereocenters. The van der Waals surface area contributed by atoms with Gasteiger partial charge in [0.05, 0.1) is 12.8 Å². The minimum atomic E-state index is 0.161. The van der Waals surface area contributed by atoms with Crippen molar-refractivity contribution in [1.29, 1.82) is 0 Å². The Hall–Kier alpha value is -2.00. The van der Waals surface area contributed by atoms with Crippen molar-refractivity contribution in [1.82, 2.24) is 0 Å². The third kappa shape index (κ3) is 3.02. The van der Waals surface area contributed by atoms with Crippen LogP contribution >= 0.6 is 11.6 Å². The SMILES string of the molecule is COc1ccc(O)c(C=Nc2ccc(Cl)cc2)c1. The van der Waals surface area contributed by atoms with Crippen molar-refractivity contribution in [2.45, 2.75) is 0 Å². The Kier molecular flexibility index (Phi) is 3.85. The predicted molar refractivity (Wildman–Crippen MR) is 73.4 cm³/mol. The van der Waals surface area contributed by atoms with Gasteiger partial charge in [-0.1, -0.05) is 11.6 Å². The fourth-order valence-electron chi connectivity index (χ4n) is 1.43. The zero-order valence-electron chi connectivity index (χ0n) is 9.80. The van der Waals surface area contributed by atoms with Gasteiger partial charge in [0.1, 0.15) is 11.5 Å². The second-order valence-electron chi connectivity index (χ2n) is 3.66. The number of rotatable bonds is 3. The van der Waals surface area contributed by atoms with E-state index < -0.39 is 0 Å². The van der Waals surface area contributed by atoms with Crippen LogP contribution in [0, 0.1) is 0 Å². The average Bonchev–Trinajstić information content (AvgIpc) is 2.40. The molecule has 0 bridgehead atoms. The molecule has 0 fully saturated rings. The Bertz CT molecular complexity index is 565. The summed E-state index contributed by atoms with van der Waals surface area (Å²) in [6.07, 6.45) is 1.58. The lowest BCUT2D eigenvalue weighted by molar-refractivity contribution is 0.412. The van der Waals surface area contributed by atoms with Crippen molar-refractivity contribution in [2.24, 2.45) is 4.99 Å². The standard InChI is InChI=1S/C14H12ClNO2/c1-18-13-6-7-14(17)10(8-13)9-16-12-4-2-11(15)3-5-12/h2-9,17H,1H3. The molecule has 0 amide bonds. The lowest BCUT2D eigenvalue weighted by Crippen LogP contribution is -1.86. The number of hydrogen-bond donors (Lipinski definition) is 1. The Morgan fingerprint density at radius 2 is 1.89 bits per heavy atom. The van der Waals surface area contributed by atoms with Gasteiger partial charge in [-0.15, -0.1) is 0 Å². The first-order valence-electron chi connectivity index (χ1n) is 5.35. The van der Waals surface area contributed by atoms with Gasteiger partial charge in [0.2, 0.25) is 0 Å². The van der Waals surface area contributed by atoms with E-state index in [4.69, 9.17) is 16.3 Å². The third-order valence-corrected chi connectivity index (χ3v) is 2.67. The van der Waals surface area contributed by atoms with E-state index >= 15 is 0 Å². The molecule has 0 saturated carbocycles. The zero-order chi connectivity index (χ0) is 13.0. The summed E-state index contributed by atoms with van der Waals surface area (Å²) in [5, 5.41) is 10.3. The number of hydrogen-bond acceptors (Lipinski definition) is 3. The van der Waals surface area contributed by atoms with Crippen LogP contribution in [0.15, 0.2) is 47.5 Å². The van der Waals surface area contributed by atoms with Gasteiger partial charge in [0.25, 0.3) is 0 Å². The molecule has 0 aromatic heterocycles. The number of aromatic hydroxyl groups is 1. The second kappa shape index (κ2) is 5.56. The number of nitrogens with zero attached hydrogens (tertiary/aromatic N) is 1. The fourth-order valence-corrected chi connectivity index (χ4v) is 1.56. The molecule has 0 heterocycles. The Morgan fingerprint density at radius 3 is 2.56 bits per heavy atom. The third-order valence-electron chi connectivity index (χ3n) is 2.41. The largest absolute Gasteiger partial charge is 0.507 e. The minimum absolute atomic E-state index is 0.161. The highest BCUT2D eigenvalue weighted by molar-refractivity contribution is 6.30. The molecule has 0 spiro atoms. The van der Waals surface area contributed by atoms with Gasteiger partial charge in [0.15, 0.2) is 0 Å². The Labute approximate surface area is 110 Å². The highest BCUT2D eigenvalue weighted by Gasteiger charge is 2.00. The summed E-state index contributed by atoms with van der Waals surface area (Å²) in [4.78, 5) is 4.25. The smallest absolute Gasteiger partial charge is 0.124 e. The number of benzene rings is 2. The molecular formula is C14H12ClNO2. The number of halogens is 1. The summed E-state index contributed by atoms with van der Waals surface area (Å²) in [6, 6.07) is 12.1. The Morgan fingerprint density at radius 1 is 1.17 bits per heavy atom. The van der Waals surface area contributed by atoms with E-state index in [0.29, 0.717) is 16.3 Å². The van der Waals surface area contributed by atoms with Crippen molar-refractivity contribution in [2.75, 3.05) is 7.11 Å². The number of ether oxygens (including phenoxy) is 1. The summed E-state index contributed by atoms with van der Waals surface area (Å²) >= 11 is 5.79. The van der Waals surface area contributed by atoms with Gasteiger partial charge in [-0.2, -0.15) is 0 Å². The van der Waals surface area contributed by atoms with E-state index in [-0.39, 0.29) is 5.75 Å². The van der Waals surface area contributed by atoms with E-state index in [0.717, 1.165) is 5.69 Å². The van der Waals surface area contributed by atoms with Crippen molar-refractivity contribution in [3.05, 3.63) is 53.1 Å². The molecule has 0 saturated heterocycles. The lowest BCUT2D eigenvalue weighted by Gasteiger charge is -2.02. The zero-order valence-corrected chi connectivity index (χ0v) is 10.6. The van der Waals surface area contributed by atoms with E-state index in [1.165, 1.54) is 0 Å². The predicted octanol–water partition coefficient (Wildman–Crippen LogP) is 3.80. The van der Waals surface area contributed by atoms with Crippen molar-refractivity contribution < 1.29 is 9.84 Å². The van der Waals surface area contributed by atoms with Gasteiger partial charge in [0, 0.05) is 16.8 Å². The molecule has 0 aliphatic rings. The van der Waals surface area contributed by atoms with Crippen molar-refractivity contribution >= 4 is 23.5 Å². The first kappa shape index (κ1) is 12.5. The van der Waals surface area contributed by atoms with Gasteiger partial charge < -0.3 is 9.84 Å². The quantitative estimate of drug-likeness (QED) is 0.854. The fraction of sp³-hybridized carbons (Fsp3) is 0.0714. The molecule has 18 heavy (non-hydrogen) atoms. The van der Waals surface area contributed by atoms with E-state index in [2.05, 4.69) is 4.99 Å². The van der Waals surface area contributed by atoms with Crippen molar-refractivity contribution in [3.8, 4) is 11.5 Å². The minimum Gasteiger partial charge on any atom is -0.507 e. The van der Waals surface area contributed by atoms with Crippen LogP contribution in [0.3, 0.4) is 0 Å². The van der Waals surface area contributed by atoms with Gasteiger partial charge in [-0.3, -0.25) is 4.99 Å². The molecule has 1 N–H and O–H groups in total. The molecule has 2 aromatic carbocycles. The molecule has 92 valence electrons. The molecule has 2 aromatic rings. The first-order valence-corrected chi connectivity index (χ1v) is 5.73. The summed E-state index contributed by atoms with van der Waals surface area (Å²) in [5.41, 5.74) is 1.37. The van der Waals surface area contributed by atoms with Gasteiger partial charge in [-0.25, -0.2) is 0 Å². The number of phenols is 1. The van der Waals surface area contributed by atoms with Crippen molar-refractivity contribution in [3.63, 3.8) is 0 Å². The molecule has 3 nitrogen and oxygen atoms in total. The maximum absolute atomic E-state index is 9.68. The number of aliphatic imine (C=N–C) groups is 1. The lowest BCUT2D eigenvalue weighted by atomic mass is 10.2. The summed E-state index contributed by atoms with van der Waals surface area (Å²) in [7, 11) is 1.58. The normalized spacial score (nSPS) is 10.8. The highest BCUT2D eigenvalue weighted by Crippen LogP contribution is 2.22. The molecule has 0 aliphatic heterocycles. The molecule has 0 unspecified atom stereocenters. The number of phenolic OH excluding ortho intramolecular Hbond substituents is 1. The maximum atomic E-state index is 9.68. The van der Waals surface area contributed by atoms with Crippen LogP contribution in [0.25, 0.3) is 0 Å². The summed E-state index contributed by atoms with van der Waals surface area (Å²) in [6.45, 7) is 0. The first-order chi connectivity index (χ1) is 8.69. The van der Waals surface area contributed by atoms with Crippen LogP contribution < -0.4 is 4.74 Å². The van der Waals surface area contributed by atoms with E-state index in [9.17, 15) is 5.11 Å². The average molecular weight is 262 g/mol. The summed E-state index contributed by atoms with van der Waals surface area (Å²) in [5.74, 6) is 0.832. The van der Waals surface area contributed by atoms with E-state index in [1.807, 2.05) is 0 Å². The molecule has 0 radical (unpaired) electrons.